The van der Waals surface area contributed by atoms with Crippen molar-refractivity contribution in [3.05, 3.63) is 101 Å². The maximum absolute atomic E-state index is 13.4. The smallest absolute Gasteiger partial charge is 0.269 e. The molecule has 2 amide bonds. The Kier molecular flexibility index (Phi) is 6.70. The molecule has 2 aliphatic heterocycles. The van der Waals surface area contributed by atoms with Crippen LogP contribution in [0.3, 0.4) is 0 Å². The monoisotopic (exact) mass is 468 g/mol. The minimum Gasteiger partial charge on any atom is -0.379 e. The van der Waals surface area contributed by atoms with Gasteiger partial charge in [-0.15, -0.1) is 0 Å². The van der Waals surface area contributed by atoms with Gasteiger partial charge in [0.15, 0.2) is 0 Å². The Balaban J connectivity index is 1.44. The molecule has 2 aliphatic rings. The normalized spacial score (nSPS) is 20.3. The largest absolute Gasteiger partial charge is 0.379 e. The molecule has 3 aromatic carbocycles. The summed E-state index contributed by atoms with van der Waals surface area (Å²) in [7, 11) is 0. The van der Waals surface area contributed by atoms with Gasteiger partial charge < -0.3 is 15.4 Å². The van der Waals surface area contributed by atoms with Crippen molar-refractivity contribution in [2.45, 2.75) is 25.7 Å². The molecule has 0 radical (unpaired) electrons. The summed E-state index contributed by atoms with van der Waals surface area (Å²) in [5.41, 5.74) is 4.45. The molecule has 0 aromatic heterocycles. The van der Waals surface area contributed by atoms with Gasteiger partial charge in [-0.25, -0.2) is 4.99 Å². The molecule has 5 rings (SSSR count). The molecule has 3 aromatic rings. The number of ether oxygens (including phenoxy) is 1. The van der Waals surface area contributed by atoms with E-state index in [1.807, 2.05) is 72.8 Å². The summed E-state index contributed by atoms with van der Waals surface area (Å²) in [5, 5.41) is 5.79. The molecule has 35 heavy (non-hydrogen) atoms. The number of aliphatic imine (C=N–C) groups is 1. The van der Waals surface area contributed by atoms with E-state index in [0.29, 0.717) is 36.7 Å². The van der Waals surface area contributed by atoms with E-state index in [1.54, 1.807) is 6.07 Å². The van der Waals surface area contributed by atoms with Crippen LogP contribution in [-0.4, -0.2) is 54.4 Å². The topological polar surface area (TPSA) is 83.0 Å². The average molecular weight is 469 g/mol. The van der Waals surface area contributed by atoms with Crippen molar-refractivity contribution in [2.75, 3.05) is 25.1 Å². The fourth-order valence-corrected chi connectivity index (χ4v) is 4.48. The minimum absolute atomic E-state index is 0.268. The van der Waals surface area contributed by atoms with E-state index in [9.17, 15) is 9.59 Å². The first-order valence-corrected chi connectivity index (χ1v) is 11.8. The van der Waals surface area contributed by atoms with Crippen molar-refractivity contribution in [3.8, 4) is 0 Å². The lowest BCUT2D eigenvalue weighted by molar-refractivity contribution is -0.117. The number of carbonyl (C=O) groups is 2. The number of benzene rings is 3. The standard InChI is InChI=1S/C28H28N4O3/c1-19-18-35-16-15-32(19)17-21-11-5-6-12-22(21)27(33)31-26-28(34)29-24-14-8-7-13-23(24)25(30-26)20-9-3-2-4-10-20/h2-14,19,26H,15-18H2,1H3,(H,29,34)(H,31,33)/t19-,26?/m0/s1. The number of hydrogen-bond acceptors (Lipinski definition) is 5. The van der Waals surface area contributed by atoms with Crippen LogP contribution in [0.1, 0.15) is 34.0 Å². The first kappa shape index (κ1) is 23.0. The summed E-state index contributed by atoms with van der Waals surface area (Å²) < 4.78 is 5.54. The van der Waals surface area contributed by atoms with Crippen LogP contribution < -0.4 is 10.6 Å². The van der Waals surface area contributed by atoms with Crippen molar-refractivity contribution in [2.24, 2.45) is 4.99 Å². The summed E-state index contributed by atoms with van der Waals surface area (Å²) in [4.78, 5) is 33.6. The third-order valence-electron chi connectivity index (χ3n) is 6.40. The fourth-order valence-electron chi connectivity index (χ4n) is 4.48. The predicted molar refractivity (Wildman–Crippen MR) is 136 cm³/mol. The van der Waals surface area contributed by atoms with E-state index < -0.39 is 6.17 Å². The third-order valence-corrected chi connectivity index (χ3v) is 6.40. The minimum atomic E-state index is -1.07. The van der Waals surface area contributed by atoms with E-state index >= 15 is 0 Å². The van der Waals surface area contributed by atoms with Gasteiger partial charge in [0.25, 0.3) is 11.8 Å². The van der Waals surface area contributed by atoms with Crippen molar-refractivity contribution in [1.82, 2.24) is 10.2 Å². The summed E-state index contributed by atoms with van der Waals surface area (Å²) in [5.74, 6) is -0.709. The quantitative estimate of drug-likeness (QED) is 0.601. The molecule has 2 N–H and O–H groups in total. The molecule has 0 aliphatic carbocycles. The summed E-state index contributed by atoms with van der Waals surface area (Å²) in [6, 6.07) is 25.0. The number of nitrogens with zero attached hydrogens (tertiary/aromatic N) is 2. The SMILES string of the molecule is C[C@H]1COCCN1Cc1ccccc1C(=O)NC1N=C(c2ccccc2)c2ccccc2NC1=O. The van der Waals surface area contributed by atoms with Crippen LogP contribution in [0, 0.1) is 0 Å². The Morgan fingerprint density at radius 1 is 1.06 bits per heavy atom. The number of hydrogen-bond donors (Lipinski definition) is 2. The Morgan fingerprint density at radius 3 is 2.63 bits per heavy atom. The number of amides is 2. The van der Waals surface area contributed by atoms with E-state index in [4.69, 9.17) is 9.73 Å². The molecule has 7 nitrogen and oxygen atoms in total. The van der Waals surface area contributed by atoms with Crippen LogP contribution in [0.25, 0.3) is 0 Å². The molecule has 1 unspecified atom stereocenters. The zero-order valence-corrected chi connectivity index (χ0v) is 19.6. The molecular formula is C28H28N4O3. The maximum atomic E-state index is 13.4. The molecule has 7 heteroatoms. The van der Waals surface area contributed by atoms with Gasteiger partial charge >= 0.3 is 0 Å². The van der Waals surface area contributed by atoms with Crippen molar-refractivity contribution < 1.29 is 14.3 Å². The lowest BCUT2D eigenvalue weighted by atomic mass is 10.0. The van der Waals surface area contributed by atoms with Crippen molar-refractivity contribution >= 4 is 23.2 Å². The van der Waals surface area contributed by atoms with E-state index in [0.717, 1.165) is 23.2 Å². The summed E-state index contributed by atoms with van der Waals surface area (Å²) >= 11 is 0. The van der Waals surface area contributed by atoms with Gasteiger partial charge in [0.1, 0.15) is 0 Å². The second-order valence-electron chi connectivity index (χ2n) is 8.81. The Morgan fingerprint density at radius 2 is 1.80 bits per heavy atom. The predicted octanol–water partition coefficient (Wildman–Crippen LogP) is 3.45. The molecule has 2 heterocycles. The highest BCUT2D eigenvalue weighted by Crippen LogP contribution is 2.24. The fraction of sp³-hybridized carbons (Fsp3) is 0.250. The number of morpholine rings is 1. The highest BCUT2D eigenvalue weighted by molar-refractivity contribution is 6.20. The van der Waals surface area contributed by atoms with Gasteiger partial charge in [-0.2, -0.15) is 0 Å². The molecule has 178 valence electrons. The Hall–Kier alpha value is -3.81. The lowest BCUT2D eigenvalue weighted by Crippen LogP contribution is -2.44. The third kappa shape index (κ3) is 5.01. The first-order chi connectivity index (χ1) is 17.1. The number of anilines is 1. The van der Waals surface area contributed by atoms with E-state index in [2.05, 4.69) is 22.5 Å². The molecule has 1 fully saturated rings. The van der Waals surface area contributed by atoms with Crippen LogP contribution >= 0.6 is 0 Å². The molecule has 0 saturated carbocycles. The highest BCUT2D eigenvalue weighted by atomic mass is 16.5. The number of benzodiazepines with no additional fused rings is 1. The second-order valence-corrected chi connectivity index (χ2v) is 8.81. The maximum Gasteiger partial charge on any atom is 0.269 e. The second kappa shape index (κ2) is 10.2. The zero-order valence-electron chi connectivity index (χ0n) is 19.6. The van der Waals surface area contributed by atoms with Crippen LogP contribution in [-0.2, 0) is 16.1 Å². The van der Waals surface area contributed by atoms with Gasteiger partial charge in [-0.1, -0.05) is 66.7 Å². The van der Waals surface area contributed by atoms with Crippen LogP contribution in [0.4, 0.5) is 5.69 Å². The summed E-state index contributed by atoms with van der Waals surface area (Å²) in [6.45, 7) is 4.92. The van der Waals surface area contributed by atoms with Crippen molar-refractivity contribution in [3.63, 3.8) is 0 Å². The van der Waals surface area contributed by atoms with E-state index in [-0.39, 0.29) is 17.9 Å². The Labute approximate surface area is 204 Å². The van der Waals surface area contributed by atoms with Gasteiger partial charge in [0.2, 0.25) is 6.17 Å². The number of para-hydroxylation sites is 1. The van der Waals surface area contributed by atoms with Crippen LogP contribution in [0.15, 0.2) is 83.9 Å². The Bertz CT molecular complexity index is 1260. The summed E-state index contributed by atoms with van der Waals surface area (Å²) in [6.07, 6.45) is -1.07. The van der Waals surface area contributed by atoms with Crippen LogP contribution in [0.5, 0.6) is 0 Å². The number of carbonyl (C=O) groups excluding carboxylic acids is 2. The van der Waals surface area contributed by atoms with E-state index in [1.165, 1.54) is 0 Å². The van der Waals surface area contributed by atoms with Gasteiger partial charge in [0.05, 0.1) is 24.6 Å². The number of rotatable bonds is 5. The van der Waals surface area contributed by atoms with Gasteiger partial charge in [-0.3, -0.25) is 14.5 Å². The molecule has 2 atom stereocenters. The highest BCUT2D eigenvalue weighted by Gasteiger charge is 2.28. The van der Waals surface area contributed by atoms with Crippen LogP contribution in [0.2, 0.25) is 0 Å². The molecule has 0 spiro atoms. The lowest BCUT2D eigenvalue weighted by Gasteiger charge is -2.33. The number of fused-ring (bicyclic) bond motifs is 1. The first-order valence-electron chi connectivity index (χ1n) is 11.8. The zero-order chi connectivity index (χ0) is 24.2. The number of nitrogens with one attached hydrogen (secondary N) is 2. The molecule has 0 bridgehead atoms. The van der Waals surface area contributed by atoms with Crippen molar-refractivity contribution in [1.29, 1.82) is 0 Å². The van der Waals surface area contributed by atoms with Gasteiger partial charge in [0, 0.05) is 35.8 Å². The molecular weight excluding hydrogens is 440 g/mol. The average Bonchev–Trinajstić information content (AvgIpc) is 3.02. The molecule has 1 saturated heterocycles. The van der Waals surface area contributed by atoms with Gasteiger partial charge in [-0.05, 0) is 24.6 Å².